The van der Waals surface area contributed by atoms with E-state index in [1.165, 1.54) is 0 Å². The number of hydrogen-bond donors (Lipinski definition) is 1. The van der Waals surface area contributed by atoms with Crippen LogP contribution in [0.4, 0.5) is 23.2 Å². The third-order valence-electron chi connectivity index (χ3n) is 3.93. The number of likely N-dealkylation sites (N-methyl/N-ethyl adjacent to an activating group) is 1. The van der Waals surface area contributed by atoms with Gasteiger partial charge in [0.25, 0.3) is 5.69 Å². The monoisotopic (exact) mass is 457 g/mol. The zero-order valence-electron chi connectivity index (χ0n) is 14.8. The number of hydrogen-bond acceptors (Lipinski definition) is 5. The summed E-state index contributed by atoms with van der Waals surface area (Å²) in [5.41, 5.74) is 3.91. The average Bonchev–Trinajstić information content (AvgIpc) is 2.60. The van der Waals surface area contributed by atoms with Gasteiger partial charge in [0, 0.05) is 31.8 Å². The van der Waals surface area contributed by atoms with E-state index in [1.54, 1.807) is 0 Å². The molecule has 0 aliphatic rings. The minimum Gasteiger partial charge on any atom is -0.323 e. The molecule has 0 saturated heterocycles. The molecule has 0 heterocycles. The SMILES string of the molecule is CN(CC(N)c1ccc(F)c(C(F)(F)F)c1)S(=O)(=O)c1ccc([N+](=O)[O-])cc1.Cl. The van der Waals surface area contributed by atoms with E-state index >= 15 is 0 Å². The van der Waals surface area contributed by atoms with Gasteiger partial charge in [-0.15, -0.1) is 12.4 Å². The highest BCUT2D eigenvalue weighted by molar-refractivity contribution is 7.89. The van der Waals surface area contributed by atoms with E-state index in [-0.39, 0.29) is 28.6 Å². The van der Waals surface area contributed by atoms with Crippen molar-refractivity contribution in [2.75, 3.05) is 13.6 Å². The van der Waals surface area contributed by atoms with Crippen LogP contribution in [0.5, 0.6) is 0 Å². The highest BCUT2D eigenvalue weighted by Gasteiger charge is 2.35. The van der Waals surface area contributed by atoms with Crippen LogP contribution in [0.15, 0.2) is 47.4 Å². The molecule has 0 amide bonds. The summed E-state index contributed by atoms with van der Waals surface area (Å²) < 4.78 is 77.7. The van der Waals surface area contributed by atoms with Crippen molar-refractivity contribution in [2.45, 2.75) is 17.1 Å². The van der Waals surface area contributed by atoms with Gasteiger partial charge in [0.15, 0.2) is 0 Å². The third kappa shape index (κ3) is 5.63. The van der Waals surface area contributed by atoms with Crippen molar-refractivity contribution in [3.8, 4) is 0 Å². The van der Waals surface area contributed by atoms with E-state index in [1.807, 2.05) is 0 Å². The molecule has 0 aliphatic heterocycles. The second-order valence-electron chi connectivity index (χ2n) is 5.88. The number of nitrogens with zero attached hydrogens (tertiary/aromatic N) is 2. The minimum atomic E-state index is -4.92. The second-order valence-corrected chi connectivity index (χ2v) is 7.92. The first kappa shape index (κ1) is 24.8. The van der Waals surface area contributed by atoms with Crippen molar-refractivity contribution in [3.05, 3.63) is 69.5 Å². The smallest absolute Gasteiger partial charge is 0.323 e. The molecular weight excluding hydrogens is 442 g/mol. The molecule has 0 fully saturated rings. The predicted octanol–water partition coefficient (Wildman–Crippen LogP) is 3.50. The van der Waals surface area contributed by atoms with Crippen LogP contribution in [-0.2, 0) is 16.2 Å². The molecule has 0 aliphatic carbocycles. The standard InChI is InChI=1S/C16H15F4N3O4S.ClH/c1-22(28(26,27)12-5-3-11(4-6-12)23(24)25)9-15(21)10-2-7-14(17)13(8-10)16(18,19)20;/h2-8,15H,9,21H2,1H3;1H. The Labute approximate surface area is 169 Å². The summed E-state index contributed by atoms with van der Waals surface area (Å²) >= 11 is 0. The topological polar surface area (TPSA) is 107 Å². The van der Waals surface area contributed by atoms with Crippen LogP contribution < -0.4 is 5.73 Å². The lowest BCUT2D eigenvalue weighted by Gasteiger charge is -2.22. The van der Waals surface area contributed by atoms with Crippen molar-refractivity contribution in [2.24, 2.45) is 5.73 Å². The first-order valence-electron chi connectivity index (χ1n) is 7.67. The highest BCUT2D eigenvalue weighted by atomic mass is 35.5. The zero-order chi connectivity index (χ0) is 21.3. The quantitative estimate of drug-likeness (QED) is 0.406. The Morgan fingerprint density at radius 1 is 1.17 bits per heavy atom. The van der Waals surface area contributed by atoms with E-state index in [9.17, 15) is 36.1 Å². The normalized spacial score (nSPS) is 13.1. The van der Waals surface area contributed by atoms with E-state index in [4.69, 9.17) is 5.73 Å². The van der Waals surface area contributed by atoms with Crippen LogP contribution in [0.2, 0.25) is 0 Å². The van der Waals surface area contributed by atoms with Gasteiger partial charge in [-0.3, -0.25) is 10.1 Å². The summed E-state index contributed by atoms with van der Waals surface area (Å²) in [6, 6.07) is 5.12. The van der Waals surface area contributed by atoms with Crippen LogP contribution in [0.3, 0.4) is 0 Å². The predicted molar refractivity (Wildman–Crippen MR) is 98.5 cm³/mol. The molecule has 0 radical (unpaired) electrons. The maximum atomic E-state index is 13.4. The third-order valence-corrected chi connectivity index (χ3v) is 5.77. The Morgan fingerprint density at radius 2 is 1.72 bits per heavy atom. The van der Waals surface area contributed by atoms with E-state index in [2.05, 4.69) is 0 Å². The van der Waals surface area contributed by atoms with Crippen molar-refractivity contribution < 1.29 is 30.9 Å². The van der Waals surface area contributed by atoms with Crippen LogP contribution in [-0.4, -0.2) is 31.2 Å². The molecule has 0 bridgehead atoms. The molecule has 7 nitrogen and oxygen atoms in total. The molecule has 1 unspecified atom stereocenters. The number of rotatable bonds is 6. The molecule has 2 N–H and O–H groups in total. The highest BCUT2D eigenvalue weighted by Crippen LogP contribution is 2.33. The summed E-state index contributed by atoms with van der Waals surface area (Å²) in [5, 5.41) is 10.6. The number of nitrogens with two attached hydrogens (primary N) is 1. The Kier molecular flexibility index (Phi) is 7.71. The first-order valence-corrected chi connectivity index (χ1v) is 9.11. The van der Waals surface area contributed by atoms with Gasteiger partial charge in [0.1, 0.15) is 5.82 Å². The van der Waals surface area contributed by atoms with Gasteiger partial charge in [-0.1, -0.05) is 6.07 Å². The molecule has 0 spiro atoms. The molecule has 29 heavy (non-hydrogen) atoms. The number of halogens is 5. The number of nitro groups is 1. The van der Waals surface area contributed by atoms with Gasteiger partial charge in [-0.2, -0.15) is 17.5 Å². The fourth-order valence-electron chi connectivity index (χ4n) is 2.39. The lowest BCUT2D eigenvalue weighted by Crippen LogP contribution is -2.34. The Hall–Kier alpha value is -2.28. The van der Waals surface area contributed by atoms with Crippen molar-refractivity contribution in [1.82, 2.24) is 4.31 Å². The fraction of sp³-hybridized carbons (Fsp3) is 0.250. The number of non-ortho nitro benzene ring substituents is 1. The average molecular weight is 458 g/mol. The largest absolute Gasteiger partial charge is 0.419 e. The van der Waals surface area contributed by atoms with Crippen LogP contribution in [0, 0.1) is 15.9 Å². The Bertz CT molecular complexity index is 985. The first-order chi connectivity index (χ1) is 12.8. The number of benzene rings is 2. The van der Waals surface area contributed by atoms with Gasteiger partial charge in [-0.05, 0) is 29.8 Å². The van der Waals surface area contributed by atoms with E-state index in [0.29, 0.717) is 12.1 Å². The zero-order valence-corrected chi connectivity index (χ0v) is 16.4. The summed E-state index contributed by atoms with van der Waals surface area (Å²) in [4.78, 5) is 9.70. The van der Waals surface area contributed by atoms with Gasteiger partial charge in [0.2, 0.25) is 10.0 Å². The summed E-state index contributed by atoms with van der Waals surface area (Å²) in [6.07, 6.45) is -4.92. The Morgan fingerprint density at radius 3 is 2.21 bits per heavy atom. The number of alkyl halides is 3. The molecule has 13 heteroatoms. The van der Waals surface area contributed by atoms with Crippen LogP contribution in [0.25, 0.3) is 0 Å². The summed E-state index contributed by atoms with van der Waals surface area (Å²) in [5.74, 6) is -1.46. The molecule has 2 rings (SSSR count). The molecule has 2 aromatic rings. The molecule has 2 aromatic carbocycles. The summed E-state index contributed by atoms with van der Waals surface area (Å²) in [7, 11) is -2.94. The lowest BCUT2D eigenvalue weighted by molar-refractivity contribution is -0.384. The second kappa shape index (κ2) is 9.03. The maximum Gasteiger partial charge on any atom is 0.419 e. The van der Waals surface area contributed by atoms with Crippen LogP contribution >= 0.6 is 12.4 Å². The fourth-order valence-corrected chi connectivity index (χ4v) is 3.59. The molecule has 0 aromatic heterocycles. The molecule has 0 saturated carbocycles. The Balaban J connectivity index is 0.00000420. The molecule has 160 valence electrons. The maximum absolute atomic E-state index is 13.4. The summed E-state index contributed by atoms with van der Waals surface area (Å²) in [6.45, 7) is -0.401. The van der Waals surface area contributed by atoms with Crippen molar-refractivity contribution in [3.63, 3.8) is 0 Å². The van der Waals surface area contributed by atoms with Gasteiger partial charge in [-0.25, -0.2) is 12.8 Å². The van der Waals surface area contributed by atoms with Crippen molar-refractivity contribution >= 4 is 28.1 Å². The van der Waals surface area contributed by atoms with E-state index in [0.717, 1.165) is 41.7 Å². The minimum absolute atomic E-state index is 0. The van der Waals surface area contributed by atoms with E-state index < -0.39 is 45.1 Å². The van der Waals surface area contributed by atoms with Crippen molar-refractivity contribution in [1.29, 1.82) is 0 Å². The van der Waals surface area contributed by atoms with Crippen LogP contribution in [0.1, 0.15) is 17.2 Å². The molecular formula is C16H16ClF4N3O4S. The van der Waals surface area contributed by atoms with Gasteiger partial charge >= 0.3 is 6.18 Å². The van der Waals surface area contributed by atoms with Gasteiger partial charge in [0.05, 0.1) is 15.4 Å². The van der Waals surface area contributed by atoms with Gasteiger partial charge < -0.3 is 5.73 Å². The lowest BCUT2D eigenvalue weighted by atomic mass is 10.0. The number of nitro benzene ring substituents is 1. The molecule has 1 atom stereocenters. The number of sulfonamides is 1.